The molecule has 1 aromatic heterocycles. The number of aryl methyl sites for hydroxylation is 1. The van der Waals surface area contributed by atoms with Gasteiger partial charge in [0.1, 0.15) is 5.82 Å². The first kappa shape index (κ1) is 12.6. The number of halogens is 1. The molecule has 0 spiro atoms. The summed E-state index contributed by atoms with van der Waals surface area (Å²) >= 11 is 0. The molecule has 3 heteroatoms. The average Bonchev–Trinajstić information content (AvgIpc) is 2.87. The van der Waals surface area contributed by atoms with Gasteiger partial charge in [0, 0.05) is 17.3 Å². The largest absolute Gasteiger partial charge is 0.268 e. The highest BCUT2D eigenvalue weighted by Crippen LogP contribution is 2.21. The molecule has 1 heterocycles. The van der Waals surface area contributed by atoms with Crippen molar-refractivity contribution in [2.45, 2.75) is 13.5 Å². The van der Waals surface area contributed by atoms with Crippen LogP contribution in [0.3, 0.4) is 0 Å². The lowest BCUT2D eigenvalue weighted by Gasteiger charge is -2.03. The molecular weight excluding hydrogens is 251 g/mol. The van der Waals surface area contributed by atoms with Crippen LogP contribution in [-0.4, -0.2) is 9.78 Å². The number of rotatable bonds is 3. The lowest BCUT2D eigenvalue weighted by Crippen LogP contribution is -1.99. The van der Waals surface area contributed by atoms with Crippen molar-refractivity contribution in [2.75, 3.05) is 0 Å². The third kappa shape index (κ3) is 2.62. The van der Waals surface area contributed by atoms with Crippen molar-refractivity contribution in [2.24, 2.45) is 0 Å². The second-order valence-electron chi connectivity index (χ2n) is 4.90. The molecule has 0 aliphatic heterocycles. The van der Waals surface area contributed by atoms with Crippen molar-refractivity contribution in [1.82, 2.24) is 9.78 Å². The zero-order chi connectivity index (χ0) is 13.9. The van der Waals surface area contributed by atoms with E-state index in [0.717, 1.165) is 5.56 Å². The highest BCUT2D eigenvalue weighted by atomic mass is 19.1. The van der Waals surface area contributed by atoms with E-state index >= 15 is 0 Å². The molecule has 0 N–H and O–H groups in total. The van der Waals surface area contributed by atoms with E-state index in [1.54, 1.807) is 18.3 Å². The number of hydrogen-bond acceptors (Lipinski definition) is 1. The lowest BCUT2D eigenvalue weighted by atomic mass is 10.1. The summed E-state index contributed by atoms with van der Waals surface area (Å²) in [6, 6.07) is 15.0. The van der Waals surface area contributed by atoms with E-state index in [9.17, 15) is 4.39 Å². The monoisotopic (exact) mass is 266 g/mol. The Balaban J connectivity index is 1.86. The van der Waals surface area contributed by atoms with Crippen LogP contribution < -0.4 is 0 Å². The number of nitrogens with zero attached hydrogens (tertiary/aromatic N) is 2. The van der Waals surface area contributed by atoms with Crippen molar-refractivity contribution in [3.8, 4) is 11.1 Å². The van der Waals surface area contributed by atoms with Gasteiger partial charge >= 0.3 is 0 Å². The van der Waals surface area contributed by atoms with Gasteiger partial charge in [0.15, 0.2) is 0 Å². The Morgan fingerprint density at radius 3 is 2.75 bits per heavy atom. The minimum atomic E-state index is -0.220. The number of hydrogen-bond donors (Lipinski definition) is 0. The van der Waals surface area contributed by atoms with Gasteiger partial charge in [-0.3, -0.25) is 4.68 Å². The van der Waals surface area contributed by atoms with Crippen molar-refractivity contribution in [1.29, 1.82) is 0 Å². The van der Waals surface area contributed by atoms with E-state index in [1.807, 2.05) is 23.0 Å². The van der Waals surface area contributed by atoms with Crippen LogP contribution in [0.25, 0.3) is 11.1 Å². The number of benzene rings is 2. The molecule has 0 aliphatic carbocycles. The first-order valence-corrected chi connectivity index (χ1v) is 6.55. The van der Waals surface area contributed by atoms with Crippen LogP contribution >= 0.6 is 0 Å². The summed E-state index contributed by atoms with van der Waals surface area (Å²) in [4.78, 5) is 0. The fourth-order valence-electron chi connectivity index (χ4n) is 2.28. The molecule has 100 valence electrons. The maximum atomic E-state index is 13.7. The molecule has 0 aliphatic rings. The van der Waals surface area contributed by atoms with E-state index in [4.69, 9.17) is 0 Å². The van der Waals surface area contributed by atoms with Crippen LogP contribution in [0.4, 0.5) is 4.39 Å². The normalized spacial score (nSPS) is 10.7. The molecule has 2 aromatic carbocycles. The quantitative estimate of drug-likeness (QED) is 0.699. The van der Waals surface area contributed by atoms with Gasteiger partial charge < -0.3 is 0 Å². The third-order valence-electron chi connectivity index (χ3n) is 3.25. The molecule has 0 unspecified atom stereocenters. The van der Waals surface area contributed by atoms with E-state index < -0.39 is 0 Å². The number of aromatic nitrogens is 2. The highest BCUT2D eigenvalue weighted by molar-refractivity contribution is 5.62. The predicted molar refractivity (Wildman–Crippen MR) is 77.9 cm³/mol. The Labute approximate surface area is 117 Å². The molecule has 0 saturated heterocycles. The van der Waals surface area contributed by atoms with Crippen molar-refractivity contribution in [3.05, 3.63) is 77.9 Å². The summed E-state index contributed by atoms with van der Waals surface area (Å²) in [6.07, 6.45) is 3.58. The van der Waals surface area contributed by atoms with Gasteiger partial charge in [-0.25, -0.2) is 4.39 Å². The fourth-order valence-corrected chi connectivity index (χ4v) is 2.28. The van der Waals surface area contributed by atoms with Gasteiger partial charge in [-0.2, -0.15) is 5.10 Å². The van der Waals surface area contributed by atoms with Gasteiger partial charge in [0.25, 0.3) is 0 Å². The molecule has 3 aromatic rings. The highest BCUT2D eigenvalue weighted by Gasteiger charge is 2.06. The molecule has 0 saturated carbocycles. The van der Waals surface area contributed by atoms with Crippen LogP contribution in [0.15, 0.2) is 60.9 Å². The smallest absolute Gasteiger partial charge is 0.131 e. The summed E-state index contributed by atoms with van der Waals surface area (Å²) in [5.74, 6) is -0.220. The summed E-state index contributed by atoms with van der Waals surface area (Å²) in [5, 5.41) is 4.31. The molecule has 3 rings (SSSR count). The first-order valence-electron chi connectivity index (χ1n) is 6.55. The summed E-state index contributed by atoms with van der Waals surface area (Å²) < 4.78 is 15.6. The van der Waals surface area contributed by atoms with Gasteiger partial charge in [-0.05, 0) is 18.6 Å². The van der Waals surface area contributed by atoms with Gasteiger partial charge in [0.05, 0.1) is 12.7 Å². The van der Waals surface area contributed by atoms with Crippen LogP contribution in [0.5, 0.6) is 0 Å². The van der Waals surface area contributed by atoms with Gasteiger partial charge in [-0.15, -0.1) is 0 Å². The zero-order valence-electron chi connectivity index (χ0n) is 11.3. The zero-order valence-corrected chi connectivity index (χ0v) is 11.3. The predicted octanol–water partition coefficient (Wildman–Crippen LogP) is 4.05. The summed E-state index contributed by atoms with van der Waals surface area (Å²) in [5.41, 5.74) is 3.80. The third-order valence-corrected chi connectivity index (χ3v) is 3.25. The topological polar surface area (TPSA) is 17.8 Å². The minimum absolute atomic E-state index is 0.220. The summed E-state index contributed by atoms with van der Waals surface area (Å²) in [6.45, 7) is 2.76. The van der Waals surface area contributed by atoms with Crippen LogP contribution in [0.1, 0.15) is 11.1 Å². The molecule has 0 atom stereocenters. The molecule has 0 amide bonds. The van der Waals surface area contributed by atoms with E-state index in [2.05, 4.69) is 30.2 Å². The van der Waals surface area contributed by atoms with Gasteiger partial charge in [0.2, 0.25) is 0 Å². The Morgan fingerprint density at radius 1 is 1.10 bits per heavy atom. The maximum Gasteiger partial charge on any atom is 0.131 e. The Hall–Kier alpha value is -2.42. The van der Waals surface area contributed by atoms with Crippen LogP contribution in [-0.2, 0) is 6.54 Å². The molecular formula is C17H15FN2. The molecule has 0 fully saturated rings. The van der Waals surface area contributed by atoms with E-state index in [0.29, 0.717) is 12.1 Å². The minimum Gasteiger partial charge on any atom is -0.268 e. The second kappa shape index (κ2) is 5.29. The van der Waals surface area contributed by atoms with Gasteiger partial charge in [-0.1, -0.05) is 48.0 Å². The average molecular weight is 266 g/mol. The Kier molecular flexibility index (Phi) is 3.33. The van der Waals surface area contributed by atoms with E-state index in [-0.39, 0.29) is 5.82 Å². The van der Waals surface area contributed by atoms with E-state index in [1.165, 1.54) is 17.2 Å². The van der Waals surface area contributed by atoms with Crippen molar-refractivity contribution >= 4 is 0 Å². The Morgan fingerprint density at radius 2 is 1.95 bits per heavy atom. The molecule has 2 nitrogen and oxygen atoms in total. The molecule has 0 bridgehead atoms. The molecule has 20 heavy (non-hydrogen) atoms. The standard InChI is InChI=1S/C17H15FN2/c1-13-5-4-6-14(9-13)11-20-12-15(10-19-20)16-7-2-3-8-17(16)18/h2-10,12H,11H2,1H3. The molecule has 0 radical (unpaired) electrons. The summed E-state index contributed by atoms with van der Waals surface area (Å²) in [7, 11) is 0. The van der Waals surface area contributed by atoms with Crippen LogP contribution in [0, 0.1) is 12.7 Å². The van der Waals surface area contributed by atoms with Crippen LogP contribution in [0.2, 0.25) is 0 Å². The second-order valence-corrected chi connectivity index (χ2v) is 4.90. The SMILES string of the molecule is Cc1cccc(Cn2cc(-c3ccccc3F)cn2)c1. The first-order chi connectivity index (χ1) is 9.72. The van der Waals surface area contributed by atoms with Crippen molar-refractivity contribution in [3.63, 3.8) is 0 Å². The Bertz CT molecular complexity index is 731. The lowest BCUT2D eigenvalue weighted by molar-refractivity contribution is 0.631. The maximum absolute atomic E-state index is 13.7. The fraction of sp³-hybridized carbons (Fsp3) is 0.118. The van der Waals surface area contributed by atoms with Crippen molar-refractivity contribution < 1.29 is 4.39 Å².